The molecule has 0 radical (unpaired) electrons. The van der Waals surface area contributed by atoms with Crippen LogP contribution in [0, 0.1) is 11.2 Å². The Bertz CT molecular complexity index is 910. The number of aliphatic hydroxyl groups is 2. The van der Waals surface area contributed by atoms with Gasteiger partial charge in [0.15, 0.2) is 0 Å². The smallest absolute Gasteiger partial charge is 0.246 e. The van der Waals surface area contributed by atoms with Gasteiger partial charge in [0, 0.05) is 51.8 Å². The number of carbonyl (C=O) groups excluding carboxylic acids is 2. The monoisotopic (exact) mass is 495 g/mol. The number of β-amino-alcohol motifs (C(OH)–C–C–N with tert-alkyl or cyclic N) is 2. The lowest BCUT2D eigenvalue weighted by Gasteiger charge is -2.41. The van der Waals surface area contributed by atoms with Crippen LogP contribution in [0.4, 0.5) is 4.39 Å². The van der Waals surface area contributed by atoms with Gasteiger partial charge in [0.2, 0.25) is 11.8 Å². The van der Waals surface area contributed by atoms with Gasteiger partial charge in [-0.05, 0) is 48.6 Å². The Morgan fingerprint density at radius 2 is 2.06 bits per heavy atom. The lowest BCUT2D eigenvalue weighted by atomic mass is 9.80. The van der Waals surface area contributed by atoms with Crippen molar-refractivity contribution >= 4 is 29.5 Å². The molecule has 34 heavy (non-hydrogen) atoms. The minimum Gasteiger partial charge on any atom is -0.392 e. The molecule has 2 saturated heterocycles. The average Bonchev–Trinajstić information content (AvgIpc) is 2.97. The number of aliphatic hydroxyl groups excluding tert-OH is 2. The highest BCUT2D eigenvalue weighted by atomic mass is 35.5. The van der Waals surface area contributed by atoms with Crippen LogP contribution in [0.1, 0.15) is 38.7 Å². The molecule has 2 amide bonds. The van der Waals surface area contributed by atoms with Gasteiger partial charge in [0.05, 0.1) is 17.2 Å². The highest BCUT2D eigenvalue weighted by molar-refractivity contribution is 6.30. The van der Waals surface area contributed by atoms with Crippen molar-refractivity contribution in [2.75, 3.05) is 45.8 Å². The number of nitrogens with zero attached hydrogens (tertiary/aromatic N) is 3. The molecule has 2 fully saturated rings. The Morgan fingerprint density at radius 1 is 1.29 bits per heavy atom. The van der Waals surface area contributed by atoms with Gasteiger partial charge in [-0.15, -0.1) is 0 Å². The molecule has 3 rings (SSSR count). The average molecular weight is 496 g/mol. The van der Waals surface area contributed by atoms with E-state index in [9.17, 15) is 24.2 Å². The van der Waals surface area contributed by atoms with E-state index in [4.69, 9.17) is 11.6 Å². The number of carbonyl (C=O) groups is 2. The molecule has 0 bridgehead atoms. The van der Waals surface area contributed by atoms with Crippen molar-refractivity contribution in [2.24, 2.45) is 5.41 Å². The van der Waals surface area contributed by atoms with Gasteiger partial charge in [0.25, 0.3) is 0 Å². The molecular formula is C25H35ClFN3O4. The van der Waals surface area contributed by atoms with E-state index in [0.717, 1.165) is 13.0 Å². The maximum Gasteiger partial charge on any atom is 0.246 e. The third kappa shape index (κ3) is 7.25. The summed E-state index contributed by atoms with van der Waals surface area (Å²) in [5, 5.41) is 20.8. The Balaban J connectivity index is 1.45. The van der Waals surface area contributed by atoms with E-state index in [2.05, 4.69) is 18.7 Å². The van der Waals surface area contributed by atoms with Crippen molar-refractivity contribution < 1.29 is 24.2 Å². The summed E-state index contributed by atoms with van der Waals surface area (Å²) in [5.74, 6) is -0.771. The van der Waals surface area contributed by atoms with E-state index in [1.165, 1.54) is 24.3 Å². The molecule has 188 valence electrons. The molecule has 0 aliphatic carbocycles. The first-order valence-corrected chi connectivity index (χ1v) is 12.2. The largest absolute Gasteiger partial charge is 0.392 e. The van der Waals surface area contributed by atoms with Crippen LogP contribution in [0.2, 0.25) is 5.02 Å². The van der Waals surface area contributed by atoms with Crippen molar-refractivity contribution in [1.29, 1.82) is 0 Å². The molecule has 0 saturated carbocycles. The highest BCUT2D eigenvalue weighted by Gasteiger charge is 2.34. The lowest BCUT2D eigenvalue weighted by molar-refractivity contribution is -0.130. The topological polar surface area (TPSA) is 84.3 Å². The second-order valence-corrected chi connectivity index (χ2v) is 10.3. The fraction of sp³-hybridized carbons (Fsp3) is 0.600. The minimum atomic E-state index is -0.590. The maximum atomic E-state index is 13.3. The van der Waals surface area contributed by atoms with E-state index in [1.54, 1.807) is 15.9 Å². The summed E-state index contributed by atoms with van der Waals surface area (Å²) >= 11 is 5.78. The summed E-state index contributed by atoms with van der Waals surface area (Å²) in [7, 11) is 0. The Labute approximate surface area is 205 Å². The van der Waals surface area contributed by atoms with Gasteiger partial charge in [-0.1, -0.05) is 31.5 Å². The molecule has 1 aromatic carbocycles. The minimum absolute atomic E-state index is 0.00639. The molecule has 2 unspecified atom stereocenters. The first-order valence-electron chi connectivity index (χ1n) is 11.8. The number of hydrogen-bond donors (Lipinski definition) is 2. The number of amides is 2. The number of likely N-dealkylation sites (tertiary alicyclic amines) is 1. The summed E-state index contributed by atoms with van der Waals surface area (Å²) in [6.45, 7) is 7.52. The van der Waals surface area contributed by atoms with Gasteiger partial charge in [-0.3, -0.25) is 14.5 Å². The van der Waals surface area contributed by atoms with Gasteiger partial charge < -0.3 is 20.0 Å². The van der Waals surface area contributed by atoms with Crippen LogP contribution in [-0.4, -0.2) is 94.7 Å². The van der Waals surface area contributed by atoms with Crippen LogP contribution in [0.3, 0.4) is 0 Å². The molecule has 9 heteroatoms. The van der Waals surface area contributed by atoms with E-state index in [-0.39, 0.29) is 28.7 Å². The van der Waals surface area contributed by atoms with E-state index >= 15 is 0 Å². The second-order valence-electron chi connectivity index (χ2n) is 9.92. The van der Waals surface area contributed by atoms with Crippen molar-refractivity contribution in [3.8, 4) is 0 Å². The fourth-order valence-corrected chi connectivity index (χ4v) is 4.46. The van der Waals surface area contributed by atoms with Crippen LogP contribution < -0.4 is 0 Å². The van der Waals surface area contributed by atoms with Crippen molar-refractivity contribution in [3.05, 3.63) is 40.7 Å². The molecule has 2 N–H and O–H groups in total. The number of halogens is 2. The Hall–Kier alpha value is -2.00. The maximum absolute atomic E-state index is 13.3. The van der Waals surface area contributed by atoms with Crippen molar-refractivity contribution in [1.82, 2.24) is 14.7 Å². The highest BCUT2D eigenvalue weighted by Crippen LogP contribution is 2.30. The van der Waals surface area contributed by atoms with Crippen LogP contribution in [0.5, 0.6) is 0 Å². The first-order chi connectivity index (χ1) is 16.0. The van der Waals surface area contributed by atoms with Crippen molar-refractivity contribution in [3.63, 3.8) is 0 Å². The van der Waals surface area contributed by atoms with E-state index in [0.29, 0.717) is 51.3 Å². The zero-order chi connectivity index (χ0) is 24.9. The van der Waals surface area contributed by atoms with Gasteiger partial charge >= 0.3 is 0 Å². The SMILES string of the molecule is CC1(C)CCN(CC(O)CCN2CCN(C(=O)C=Cc3ccc(F)c(Cl)c3)CCC2=O)CC1O. The summed E-state index contributed by atoms with van der Waals surface area (Å²) < 4.78 is 13.3. The van der Waals surface area contributed by atoms with Gasteiger partial charge in [-0.2, -0.15) is 0 Å². The lowest BCUT2D eigenvalue weighted by Crippen LogP contribution is -2.50. The molecular weight excluding hydrogens is 461 g/mol. The molecule has 0 aromatic heterocycles. The van der Waals surface area contributed by atoms with Crippen LogP contribution in [-0.2, 0) is 9.59 Å². The molecule has 7 nitrogen and oxygen atoms in total. The van der Waals surface area contributed by atoms with Gasteiger partial charge in [0.1, 0.15) is 5.82 Å². The molecule has 0 spiro atoms. The fourth-order valence-electron chi connectivity index (χ4n) is 4.27. The molecule has 2 aliphatic rings. The summed E-state index contributed by atoms with van der Waals surface area (Å²) in [5.41, 5.74) is 0.510. The normalized spacial score (nSPS) is 22.8. The second kappa shape index (κ2) is 11.6. The number of hydrogen-bond acceptors (Lipinski definition) is 5. The van der Waals surface area contributed by atoms with Crippen LogP contribution in [0.25, 0.3) is 6.08 Å². The number of rotatable bonds is 7. The summed E-state index contributed by atoms with van der Waals surface area (Å²) in [6, 6.07) is 4.23. The summed E-state index contributed by atoms with van der Waals surface area (Å²) in [6.07, 6.45) is 3.52. The molecule has 2 heterocycles. The first kappa shape index (κ1) is 26.6. The van der Waals surface area contributed by atoms with Crippen LogP contribution in [0.15, 0.2) is 24.3 Å². The zero-order valence-electron chi connectivity index (χ0n) is 19.9. The van der Waals surface area contributed by atoms with Crippen molar-refractivity contribution in [2.45, 2.75) is 45.3 Å². The standard InChI is InChI=1S/C25H35ClFN3O4/c1-25(2)9-12-28(17-22(25)32)16-19(31)7-10-29-13-14-30(11-8-24(29)34)23(33)6-4-18-3-5-21(27)20(26)15-18/h3-6,15,19,22,31-32H,7-14,16-17H2,1-2H3. The Kier molecular flexibility index (Phi) is 9.09. The van der Waals surface area contributed by atoms with E-state index in [1.807, 2.05) is 0 Å². The number of piperidine rings is 1. The third-order valence-electron chi connectivity index (χ3n) is 6.87. The van der Waals surface area contributed by atoms with Gasteiger partial charge in [-0.25, -0.2) is 4.39 Å². The summed E-state index contributed by atoms with van der Waals surface area (Å²) in [4.78, 5) is 30.5. The molecule has 1 aromatic rings. The predicted octanol–water partition coefficient (Wildman–Crippen LogP) is 2.40. The van der Waals surface area contributed by atoms with Crippen LogP contribution >= 0.6 is 11.6 Å². The molecule has 2 aliphatic heterocycles. The number of benzene rings is 1. The quantitative estimate of drug-likeness (QED) is 0.567. The third-order valence-corrected chi connectivity index (χ3v) is 7.16. The van der Waals surface area contributed by atoms with E-state index < -0.39 is 18.0 Å². The Morgan fingerprint density at radius 3 is 2.76 bits per heavy atom. The zero-order valence-corrected chi connectivity index (χ0v) is 20.7. The predicted molar refractivity (Wildman–Crippen MR) is 130 cm³/mol. The molecule has 2 atom stereocenters.